The number of aromatic nitrogens is 3. The molecule has 132 valence electrons. The molecular formula is C20H15N5O2. The number of carbonyl (C=O) groups excluding carboxylic acids is 2. The third kappa shape index (κ3) is 2.21. The normalized spacial score (nSPS) is 18.4. The van der Waals surface area contributed by atoms with E-state index in [1.807, 2.05) is 55.5 Å². The van der Waals surface area contributed by atoms with E-state index >= 15 is 0 Å². The number of rotatable bonds is 2. The third-order valence-electron chi connectivity index (χ3n) is 4.82. The fourth-order valence-electron chi connectivity index (χ4n) is 3.63. The molecule has 1 aromatic heterocycles. The van der Waals surface area contributed by atoms with Crippen molar-refractivity contribution in [2.75, 3.05) is 10.2 Å². The van der Waals surface area contributed by atoms with Gasteiger partial charge in [0.15, 0.2) is 0 Å². The summed E-state index contributed by atoms with van der Waals surface area (Å²) in [6, 6.07) is 16.4. The highest BCUT2D eigenvalue weighted by Gasteiger charge is 2.47. The summed E-state index contributed by atoms with van der Waals surface area (Å²) < 4.78 is 1.64. The molecule has 0 radical (unpaired) electrons. The quantitative estimate of drug-likeness (QED) is 0.713. The van der Waals surface area contributed by atoms with E-state index in [1.54, 1.807) is 10.7 Å². The summed E-state index contributed by atoms with van der Waals surface area (Å²) in [5.74, 6) is -0.284. The lowest BCUT2D eigenvalue weighted by Crippen LogP contribution is -2.32. The van der Waals surface area contributed by atoms with Crippen LogP contribution in [0.25, 0.3) is 0 Å². The number of imide groups is 1. The van der Waals surface area contributed by atoms with Gasteiger partial charge >= 0.3 is 0 Å². The van der Waals surface area contributed by atoms with Crippen LogP contribution in [0.5, 0.6) is 0 Å². The van der Waals surface area contributed by atoms with Gasteiger partial charge in [-0.25, -0.2) is 9.58 Å². The molecule has 0 saturated carbocycles. The van der Waals surface area contributed by atoms with E-state index < -0.39 is 6.04 Å². The van der Waals surface area contributed by atoms with Crippen molar-refractivity contribution in [1.29, 1.82) is 0 Å². The van der Waals surface area contributed by atoms with Crippen molar-refractivity contribution in [2.45, 2.75) is 13.0 Å². The monoisotopic (exact) mass is 357 g/mol. The van der Waals surface area contributed by atoms with Gasteiger partial charge in [-0.2, -0.15) is 10.1 Å². The minimum Gasteiger partial charge on any atom is -0.319 e. The Morgan fingerprint density at radius 3 is 2.59 bits per heavy atom. The molecule has 1 unspecified atom stereocenters. The fraction of sp³-hybridized carbons (Fsp3) is 0.100. The maximum atomic E-state index is 13.3. The van der Waals surface area contributed by atoms with Gasteiger partial charge in [0.25, 0.3) is 11.8 Å². The number of fused-ring (bicyclic) bond motifs is 1. The molecule has 0 spiro atoms. The molecule has 0 saturated heterocycles. The van der Waals surface area contributed by atoms with Crippen LogP contribution < -0.4 is 10.2 Å². The maximum absolute atomic E-state index is 13.3. The lowest BCUT2D eigenvalue weighted by Gasteiger charge is -2.24. The number of anilines is 2. The maximum Gasteiger partial charge on any atom is 0.282 e. The lowest BCUT2D eigenvalue weighted by atomic mass is 9.96. The molecule has 7 heteroatoms. The third-order valence-corrected chi connectivity index (χ3v) is 4.82. The summed E-state index contributed by atoms with van der Waals surface area (Å²) in [4.78, 5) is 31.8. The molecule has 0 fully saturated rings. The van der Waals surface area contributed by atoms with E-state index in [9.17, 15) is 9.59 Å². The van der Waals surface area contributed by atoms with Crippen LogP contribution in [0.3, 0.4) is 0 Å². The molecule has 3 heterocycles. The molecule has 2 aliphatic heterocycles. The Morgan fingerprint density at radius 2 is 1.81 bits per heavy atom. The van der Waals surface area contributed by atoms with Crippen molar-refractivity contribution < 1.29 is 9.59 Å². The predicted molar refractivity (Wildman–Crippen MR) is 98.9 cm³/mol. The SMILES string of the molecule is Cc1cccc(N2C(=O)C3=C(C2=O)C(c2ccccc2)n2ncnc2N3)c1. The molecule has 0 bridgehead atoms. The van der Waals surface area contributed by atoms with E-state index in [0.29, 0.717) is 17.2 Å². The molecule has 1 N–H and O–H groups in total. The van der Waals surface area contributed by atoms with Gasteiger partial charge < -0.3 is 5.32 Å². The zero-order chi connectivity index (χ0) is 18.5. The Balaban J connectivity index is 1.67. The molecular weight excluding hydrogens is 342 g/mol. The van der Waals surface area contributed by atoms with E-state index in [2.05, 4.69) is 15.4 Å². The van der Waals surface area contributed by atoms with Gasteiger partial charge in [-0.1, -0.05) is 42.5 Å². The van der Waals surface area contributed by atoms with Crippen LogP contribution in [0, 0.1) is 6.92 Å². The fourth-order valence-corrected chi connectivity index (χ4v) is 3.63. The van der Waals surface area contributed by atoms with Gasteiger partial charge in [-0.3, -0.25) is 9.59 Å². The minimum absolute atomic E-state index is 0.260. The Kier molecular flexibility index (Phi) is 3.24. The van der Waals surface area contributed by atoms with Crippen molar-refractivity contribution in [3.8, 4) is 0 Å². The average molecular weight is 357 g/mol. The number of aryl methyl sites for hydroxylation is 1. The van der Waals surface area contributed by atoms with Crippen molar-refractivity contribution in [2.24, 2.45) is 0 Å². The molecule has 0 aliphatic carbocycles. The Morgan fingerprint density at radius 1 is 1.00 bits per heavy atom. The van der Waals surface area contributed by atoms with Crippen LogP contribution >= 0.6 is 0 Å². The highest BCUT2D eigenvalue weighted by molar-refractivity contribution is 6.34. The first-order valence-corrected chi connectivity index (χ1v) is 8.56. The molecule has 3 aromatic rings. The predicted octanol–water partition coefficient (Wildman–Crippen LogP) is 2.43. The Bertz CT molecular complexity index is 1120. The first-order valence-electron chi connectivity index (χ1n) is 8.56. The summed E-state index contributed by atoms with van der Waals surface area (Å²) in [5, 5.41) is 7.26. The second-order valence-corrected chi connectivity index (χ2v) is 6.54. The van der Waals surface area contributed by atoms with Gasteiger partial charge in [0, 0.05) is 0 Å². The second kappa shape index (κ2) is 5.63. The minimum atomic E-state index is -0.508. The van der Waals surface area contributed by atoms with Crippen molar-refractivity contribution in [3.63, 3.8) is 0 Å². The van der Waals surface area contributed by atoms with Crippen molar-refractivity contribution >= 4 is 23.5 Å². The van der Waals surface area contributed by atoms with Crippen LogP contribution in [-0.2, 0) is 9.59 Å². The van der Waals surface area contributed by atoms with E-state index in [0.717, 1.165) is 11.1 Å². The second-order valence-electron chi connectivity index (χ2n) is 6.54. The molecule has 5 rings (SSSR count). The summed E-state index contributed by atoms with van der Waals surface area (Å²) in [6.45, 7) is 1.92. The molecule has 2 amide bonds. The van der Waals surface area contributed by atoms with E-state index in [-0.39, 0.29) is 17.5 Å². The molecule has 7 nitrogen and oxygen atoms in total. The van der Waals surface area contributed by atoms with Crippen LogP contribution in [-0.4, -0.2) is 26.6 Å². The topological polar surface area (TPSA) is 80.1 Å². The summed E-state index contributed by atoms with van der Waals surface area (Å²) in [6.07, 6.45) is 1.41. The van der Waals surface area contributed by atoms with Crippen LogP contribution in [0.15, 0.2) is 72.2 Å². The van der Waals surface area contributed by atoms with Gasteiger partial charge in [0.1, 0.15) is 18.1 Å². The summed E-state index contributed by atoms with van der Waals surface area (Å²) >= 11 is 0. The largest absolute Gasteiger partial charge is 0.319 e. The number of benzene rings is 2. The van der Waals surface area contributed by atoms with Crippen molar-refractivity contribution in [3.05, 3.63) is 83.3 Å². The van der Waals surface area contributed by atoms with Crippen LogP contribution in [0.2, 0.25) is 0 Å². The number of carbonyl (C=O) groups is 2. The molecule has 27 heavy (non-hydrogen) atoms. The van der Waals surface area contributed by atoms with E-state index in [1.165, 1.54) is 11.2 Å². The van der Waals surface area contributed by atoms with Crippen LogP contribution in [0.1, 0.15) is 17.2 Å². The number of nitrogens with zero attached hydrogens (tertiary/aromatic N) is 4. The lowest BCUT2D eigenvalue weighted by molar-refractivity contribution is -0.120. The average Bonchev–Trinajstić information content (AvgIpc) is 3.24. The Hall–Kier alpha value is -3.74. The van der Waals surface area contributed by atoms with Gasteiger partial charge in [0.2, 0.25) is 5.95 Å². The number of hydrogen-bond donors (Lipinski definition) is 1. The van der Waals surface area contributed by atoms with Gasteiger partial charge in [0.05, 0.1) is 11.3 Å². The first kappa shape index (κ1) is 15.5. The summed E-state index contributed by atoms with van der Waals surface area (Å²) in [5.41, 5.74) is 3.03. The van der Waals surface area contributed by atoms with Crippen LogP contribution in [0.4, 0.5) is 11.6 Å². The Labute approximate surface area is 154 Å². The molecule has 1 atom stereocenters. The van der Waals surface area contributed by atoms with Gasteiger partial charge in [-0.15, -0.1) is 0 Å². The first-order chi connectivity index (χ1) is 13.1. The van der Waals surface area contributed by atoms with E-state index in [4.69, 9.17) is 0 Å². The molecule has 2 aliphatic rings. The smallest absolute Gasteiger partial charge is 0.282 e. The number of nitrogens with one attached hydrogen (secondary N) is 1. The standard InChI is InChI=1S/C20H15N5O2/c1-12-6-5-9-14(10-12)24-18(26)15-16(19(24)27)23-20-21-11-22-25(20)17(15)13-7-3-2-4-8-13/h2-11,17H,1H3,(H,21,22,23). The highest BCUT2D eigenvalue weighted by Crippen LogP contribution is 2.40. The van der Waals surface area contributed by atoms with Crippen molar-refractivity contribution in [1.82, 2.24) is 14.8 Å². The number of hydrogen-bond acceptors (Lipinski definition) is 5. The zero-order valence-electron chi connectivity index (χ0n) is 14.5. The number of amides is 2. The van der Waals surface area contributed by atoms with Gasteiger partial charge in [-0.05, 0) is 30.2 Å². The molecule has 2 aromatic carbocycles. The zero-order valence-corrected chi connectivity index (χ0v) is 14.5. The highest BCUT2D eigenvalue weighted by atomic mass is 16.2. The summed E-state index contributed by atoms with van der Waals surface area (Å²) in [7, 11) is 0.